The van der Waals surface area contributed by atoms with E-state index in [-0.39, 0.29) is 5.69 Å². The van der Waals surface area contributed by atoms with Crippen LogP contribution in [0, 0.1) is 17.0 Å². The van der Waals surface area contributed by atoms with Crippen LogP contribution in [0.5, 0.6) is 5.75 Å². The molecule has 0 atom stereocenters. The Hall–Kier alpha value is -2.88. The maximum absolute atomic E-state index is 10.7. The molecule has 25 heavy (non-hydrogen) atoms. The van der Waals surface area contributed by atoms with Crippen molar-refractivity contribution in [1.29, 1.82) is 0 Å². The summed E-state index contributed by atoms with van der Waals surface area (Å²) in [6, 6.07) is 7.79. The van der Waals surface area contributed by atoms with Crippen molar-refractivity contribution < 1.29 is 9.66 Å². The first-order valence-corrected chi connectivity index (χ1v) is 8.39. The highest BCUT2D eigenvalue weighted by atomic mass is 32.2. The Bertz CT molecular complexity index is 891. The maximum Gasteiger partial charge on any atom is 0.307 e. The standard InChI is InChI=1S/C15H16N6O3S/c1-11-4-3-5-13(6-11)24-9-14-17-18-15(19(14)2)25-10-20-8-12(7-16-20)21(22)23/h3-8H,9-10H2,1-2H3. The smallest absolute Gasteiger partial charge is 0.307 e. The van der Waals surface area contributed by atoms with Crippen LogP contribution in [0.15, 0.2) is 41.8 Å². The van der Waals surface area contributed by atoms with Crippen LogP contribution in [0.25, 0.3) is 0 Å². The number of aromatic nitrogens is 5. The molecule has 0 aliphatic carbocycles. The van der Waals surface area contributed by atoms with Crippen molar-refractivity contribution in [1.82, 2.24) is 24.5 Å². The highest BCUT2D eigenvalue weighted by molar-refractivity contribution is 7.98. The number of thioether (sulfide) groups is 1. The van der Waals surface area contributed by atoms with Gasteiger partial charge in [-0.25, -0.2) is 0 Å². The predicted molar refractivity (Wildman–Crippen MR) is 91.3 cm³/mol. The minimum atomic E-state index is -0.475. The van der Waals surface area contributed by atoms with Gasteiger partial charge in [0.05, 0.1) is 10.8 Å². The third-order valence-electron chi connectivity index (χ3n) is 3.44. The Kier molecular flexibility index (Phi) is 4.98. The Morgan fingerprint density at radius 2 is 2.20 bits per heavy atom. The van der Waals surface area contributed by atoms with Gasteiger partial charge in [-0.05, 0) is 24.6 Å². The number of nitro groups is 1. The summed E-state index contributed by atoms with van der Waals surface area (Å²) in [5.41, 5.74) is 1.09. The van der Waals surface area contributed by atoms with E-state index in [1.165, 1.54) is 28.8 Å². The van der Waals surface area contributed by atoms with E-state index < -0.39 is 4.92 Å². The van der Waals surface area contributed by atoms with E-state index in [0.29, 0.717) is 23.5 Å². The molecule has 10 heteroatoms. The first kappa shape index (κ1) is 17.0. The number of nitrogens with zero attached hydrogens (tertiary/aromatic N) is 6. The fourth-order valence-corrected chi connectivity index (χ4v) is 2.88. The summed E-state index contributed by atoms with van der Waals surface area (Å²) in [5.74, 6) is 1.87. The fourth-order valence-electron chi connectivity index (χ4n) is 2.09. The second-order valence-electron chi connectivity index (χ2n) is 5.33. The molecule has 0 bridgehead atoms. The summed E-state index contributed by atoms with van der Waals surface area (Å²) in [7, 11) is 1.85. The zero-order valence-corrected chi connectivity index (χ0v) is 14.5. The third kappa shape index (κ3) is 4.15. The largest absolute Gasteiger partial charge is 0.486 e. The summed E-state index contributed by atoms with van der Waals surface area (Å²) >= 11 is 1.38. The van der Waals surface area contributed by atoms with E-state index in [0.717, 1.165) is 11.3 Å². The lowest BCUT2D eigenvalue weighted by Gasteiger charge is -2.07. The van der Waals surface area contributed by atoms with Crippen LogP contribution in [-0.4, -0.2) is 29.5 Å². The van der Waals surface area contributed by atoms with Crippen molar-refractivity contribution in [2.45, 2.75) is 24.6 Å². The molecule has 0 unspecified atom stereocenters. The van der Waals surface area contributed by atoms with Crippen molar-refractivity contribution in [3.63, 3.8) is 0 Å². The molecule has 2 aromatic heterocycles. The summed E-state index contributed by atoms with van der Waals surface area (Å²) in [5, 5.41) is 23.5. The van der Waals surface area contributed by atoms with E-state index in [9.17, 15) is 10.1 Å². The molecular weight excluding hydrogens is 344 g/mol. The zero-order valence-electron chi connectivity index (χ0n) is 13.7. The Labute approximate surface area is 147 Å². The molecule has 0 amide bonds. The number of ether oxygens (including phenoxy) is 1. The van der Waals surface area contributed by atoms with Crippen LogP contribution >= 0.6 is 11.8 Å². The molecule has 0 N–H and O–H groups in total. The molecule has 0 fully saturated rings. The lowest BCUT2D eigenvalue weighted by atomic mass is 10.2. The summed E-state index contributed by atoms with van der Waals surface area (Å²) < 4.78 is 9.05. The van der Waals surface area contributed by atoms with Gasteiger partial charge in [-0.15, -0.1) is 10.2 Å². The van der Waals surface area contributed by atoms with Gasteiger partial charge in [0.25, 0.3) is 0 Å². The van der Waals surface area contributed by atoms with Gasteiger partial charge in [0.1, 0.15) is 24.8 Å². The molecule has 2 heterocycles. The van der Waals surface area contributed by atoms with Crippen molar-refractivity contribution in [3.05, 3.63) is 58.2 Å². The highest BCUT2D eigenvalue weighted by Crippen LogP contribution is 2.20. The summed E-state index contributed by atoms with van der Waals surface area (Å²) in [6.45, 7) is 2.31. The van der Waals surface area contributed by atoms with Crippen LogP contribution in [0.2, 0.25) is 0 Å². The maximum atomic E-state index is 10.7. The van der Waals surface area contributed by atoms with Gasteiger partial charge in [-0.3, -0.25) is 14.8 Å². The Morgan fingerprint density at radius 3 is 2.92 bits per heavy atom. The molecule has 3 aromatic rings. The summed E-state index contributed by atoms with van der Waals surface area (Å²) in [6.07, 6.45) is 2.60. The van der Waals surface area contributed by atoms with Crippen molar-refractivity contribution in [3.8, 4) is 5.75 Å². The molecule has 3 rings (SSSR count). The van der Waals surface area contributed by atoms with Crippen LogP contribution in [0.3, 0.4) is 0 Å². The number of hydrogen-bond acceptors (Lipinski definition) is 7. The second kappa shape index (κ2) is 7.34. The zero-order chi connectivity index (χ0) is 17.8. The molecule has 0 radical (unpaired) electrons. The molecule has 0 aliphatic rings. The van der Waals surface area contributed by atoms with Gasteiger partial charge in [0.2, 0.25) is 0 Å². The van der Waals surface area contributed by atoms with E-state index in [1.807, 2.05) is 42.8 Å². The normalized spacial score (nSPS) is 10.8. The number of hydrogen-bond donors (Lipinski definition) is 0. The quantitative estimate of drug-likeness (QED) is 0.362. The van der Waals surface area contributed by atoms with Gasteiger partial charge < -0.3 is 9.30 Å². The van der Waals surface area contributed by atoms with Gasteiger partial charge in [-0.1, -0.05) is 23.9 Å². The molecular formula is C15H16N6O3S. The molecule has 0 spiro atoms. The predicted octanol–water partition coefficient (Wildman–Crippen LogP) is 2.56. The first-order valence-electron chi connectivity index (χ1n) is 7.40. The third-order valence-corrected chi connectivity index (χ3v) is 4.45. The van der Waals surface area contributed by atoms with Crippen LogP contribution < -0.4 is 4.74 Å². The molecule has 0 saturated carbocycles. The molecule has 1 aromatic carbocycles. The summed E-state index contributed by atoms with van der Waals surface area (Å²) in [4.78, 5) is 10.2. The average molecular weight is 360 g/mol. The van der Waals surface area contributed by atoms with E-state index in [4.69, 9.17) is 4.74 Å². The number of benzene rings is 1. The van der Waals surface area contributed by atoms with Crippen molar-refractivity contribution >= 4 is 17.4 Å². The molecule has 9 nitrogen and oxygen atoms in total. The lowest BCUT2D eigenvalue weighted by Crippen LogP contribution is -2.05. The lowest BCUT2D eigenvalue weighted by molar-refractivity contribution is -0.385. The van der Waals surface area contributed by atoms with Gasteiger partial charge in [0.15, 0.2) is 11.0 Å². The van der Waals surface area contributed by atoms with E-state index in [2.05, 4.69) is 15.3 Å². The van der Waals surface area contributed by atoms with Crippen molar-refractivity contribution in [2.75, 3.05) is 0 Å². The van der Waals surface area contributed by atoms with Gasteiger partial charge in [-0.2, -0.15) is 5.10 Å². The molecule has 0 saturated heterocycles. The first-order chi connectivity index (χ1) is 12.0. The molecule has 130 valence electrons. The number of aryl methyl sites for hydroxylation is 1. The minimum Gasteiger partial charge on any atom is -0.486 e. The van der Waals surface area contributed by atoms with Crippen LogP contribution in [0.4, 0.5) is 5.69 Å². The minimum absolute atomic E-state index is 0.0363. The van der Waals surface area contributed by atoms with Crippen LogP contribution in [0.1, 0.15) is 11.4 Å². The van der Waals surface area contributed by atoms with Gasteiger partial charge in [0, 0.05) is 7.05 Å². The second-order valence-corrected chi connectivity index (χ2v) is 6.24. The van der Waals surface area contributed by atoms with Crippen molar-refractivity contribution in [2.24, 2.45) is 7.05 Å². The topological polar surface area (TPSA) is 101 Å². The Morgan fingerprint density at radius 1 is 1.36 bits per heavy atom. The fraction of sp³-hybridized carbons (Fsp3) is 0.267. The van der Waals surface area contributed by atoms with E-state index >= 15 is 0 Å². The SMILES string of the molecule is Cc1cccc(OCc2nnc(SCn3cc([N+](=O)[O-])cn3)n2C)c1. The van der Waals surface area contributed by atoms with Gasteiger partial charge >= 0.3 is 5.69 Å². The molecule has 0 aliphatic heterocycles. The van der Waals surface area contributed by atoms with E-state index in [1.54, 1.807) is 0 Å². The Balaban J connectivity index is 1.59. The average Bonchev–Trinajstić information content (AvgIpc) is 3.18. The highest BCUT2D eigenvalue weighted by Gasteiger charge is 2.12. The van der Waals surface area contributed by atoms with Crippen LogP contribution in [-0.2, 0) is 19.5 Å². The monoisotopic (exact) mass is 360 g/mol. The number of rotatable bonds is 7.